The monoisotopic (exact) mass is 330 g/mol. The molecular weight excluding hydrogens is 312 g/mol. The third-order valence-corrected chi connectivity index (χ3v) is 3.74. The average Bonchev–Trinajstić information content (AvgIpc) is 2.67. The molecule has 3 rings (SSSR count). The molecule has 0 aliphatic heterocycles. The van der Waals surface area contributed by atoms with Crippen LogP contribution in [0.1, 0.15) is 21.5 Å². The lowest BCUT2D eigenvalue weighted by Gasteiger charge is -2.10. The van der Waals surface area contributed by atoms with Gasteiger partial charge in [-0.25, -0.2) is 0 Å². The Labute approximate surface area is 146 Å². The Balaban J connectivity index is 1.79. The van der Waals surface area contributed by atoms with Crippen LogP contribution in [0.15, 0.2) is 84.9 Å². The van der Waals surface area contributed by atoms with Crippen molar-refractivity contribution in [3.63, 3.8) is 0 Å². The molecule has 0 unspecified atom stereocenters. The van der Waals surface area contributed by atoms with Gasteiger partial charge in [0.15, 0.2) is 5.78 Å². The Hall–Kier alpha value is -3.33. The second-order valence-corrected chi connectivity index (χ2v) is 5.53. The SMILES string of the molecule is O=C(C=Cc1c(O)cccc1OCc1ccccc1)c1ccccc1. The number of carbonyl (C=O) groups excluding carboxylic acids is 1. The van der Waals surface area contributed by atoms with E-state index in [9.17, 15) is 9.90 Å². The highest BCUT2D eigenvalue weighted by atomic mass is 16.5. The van der Waals surface area contributed by atoms with Gasteiger partial charge in [0, 0.05) is 5.56 Å². The first-order valence-electron chi connectivity index (χ1n) is 8.00. The highest BCUT2D eigenvalue weighted by Gasteiger charge is 2.08. The van der Waals surface area contributed by atoms with Gasteiger partial charge >= 0.3 is 0 Å². The molecular formula is C22H18O3. The first-order valence-corrected chi connectivity index (χ1v) is 8.00. The van der Waals surface area contributed by atoms with Crippen molar-refractivity contribution >= 4 is 11.9 Å². The second-order valence-electron chi connectivity index (χ2n) is 5.53. The molecule has 0 spiro atoms. The van der Waals surface area contributed by atoms with Gasteiger partial charge in [0.1, 0.15) is 18.1 Å². The molecule has 0 radical (unpaired) electrons. The molecule has 0 aromatic heterocycles. The zero-order valence-electron chi connectivity index (χ0n) is 13.6. The number of phenolic OH excluding ortho intramolecular Hbond substituents is 1. The summed E-state index contributed by atoms with van der Waals surface area (Å²) >= 11 is 0. The molecule has 0 fully saturated rings. The summed E-state index contributed by atoms with van der Waals surface area (Å²) in [5.74, 6) is 0.474. The van der Waals surface area contributed by atoms with Crippen LogP contribution in [0.3, 0.4) is 0 Å². The molecule has 25 heavy (non-hydrogen) atoms. The molecule has 0 saturated carbocycles. The molecule has 3 aromatic rings. The van der Waals surface area contributed by atoms with Gasteiger partial charge in [-0.2, -0.15) is 0 Å². The summed E-state index contributed by atoms with van der Waals surface area (Å²) in [6, 6.07) is 23.8. The molecule has 0 atom stereocenters. The van der Waals surface area contributed by atoms with E-state index in [0.717, 1.165) is 5.56 Å². The van der Waals surface area contributed by atoms with Gasteiger partial charge < -0.3 is 9.84 Å². The number of rotatable bonds is 6. The van der Waals surface area contributed by atoms with Crippen LogP contribution in [0.2, 0.25) is 0 Å². The lowest BCUT2D eigenvalue weighted by molar-refractivity contribution is 0.104. The van der Waals surface area contributed by atoms with Crippen LogP contribution in [-0.2, 0) is 6.61 Å². The molecule has 1 N–H and O–H groups in total. The Kier molecular flexibility index (Phi) is 5.27. The van der Waals surface area contributed by atoms with Gasteiger partial charge in [0.25, 0.3) is 0 Å². The first-order chi connectivity index (χ1) is 12.2. The van der Waals surface area contributed by atoms with E-state index in [4.69, 9.17) is 4.74 Å². The van der Waals surface area contributed by atoms with Crippen molar-refractivity contribution in [1.29, 1.82) is 0 Å². The highest BCUT2D eigenvalue weighted by molar-refractivity contribution is 6.07. The number of carbonyl (C=O) groups is 1. The minimum Gasteiger partial charge on any atom is -0.507 e. The summed E-state index contributed by atoms with van der Waals surface area (Å²) in [7, 11) is 0. The van der Waals surface area contributed by atoms with E-state index < -0.39 is 0 Å². The van der Waals surface area contributed by atoms with Gasteiger partial charge in [-0.05, 0) is 29.8 Å². The molecule has 3 heteroatoms. The molecule has 0 aliphatic carbocycles. The van der Waals surface area contributed by atoms with Crippen LogP contribution >= 0.6 is 0 Å². The molecule has 0 aliphatic rings. The van der Waals surface area contributed by atoms with Crippen LogP contribution in [0.4, 0.5) is 0 Å². The normalized spacial score (nSPS) is 10.7. The van der Waals surface area contributed by atoms with Crippen LogP contribution in [0.5, 0.6) is 11.5 Å². The Morgan fingerprint density at radius 1 is 0.880 bits per heavy atom. The van der Waals surface area contributed by atoms with Gasteiger partial charge in [-0.3, -0.25) is 4.79 Å². The van der Waals surface area contributed by atoms with E-state index in [2.05, 4.69) is 0 Å². The van der Waals surface area contributed by atoms with Crippen molar-refractivity contribution in [3.8, 4) is 11.5 Å². The number of hydrogen-bond donors (Lipinski definition) is 1. The van der Waals surface area contributed by atoms with Crippen molar-refractivity contribution in [2.45, 2.75) is 6.61 Å². The summed E-state index contributed by atoms with van der Waals surface area (Å²) in [5.41, 5.74) is 2.12. The largest absolute Gasteiger partial charge is 0.507 e. The molecule has 0 heterocycles. The Bertz CT molecular complexity index is 868. The van der Waals surface area contributed by atoms with Crippen LogP contribution < -0.4 is 4.74 Å². The minimum absolute atomic E-state index is 0.0719. The second kappa shape index (κ2) is 7.97. The first kappa shape index (κ1) is 16.5. The number of allylic oxidation sites excluding steroid dienone is 1. The number of ketones is 1. The van der Waals surface area contributed by atoms with Crippen LogP contribution in [0, 0.1) is 0 Å². The maximum Gasteiger partial charge on any atom is 0.185 e. The average molecular weight is 330 g/mol. The fourth-order valence-corrected chi connectivity index (χ4v) is 2.42. The molecule has 124 valence electrons. The van der Waals surface area contributed by atoms with Crippen molar-refractivity contribution in [1.82, 2.24) is 0 Å². The predicted molar refractivity (Wildman–Crippen MR) is 98.7 cm³/mol. The number of aromatic hydroxyl groups is 1. The standard InChI is InChI=1S/C22H18O3/c23-20(18-10-5-2-6-11-18)15-14-19-21(24)12-7-13-22(19)25-16-17-8-3-1-4-9-17/h1-15,24H,16H2. The maximum atomic E-state index is 12.2. The van der Waals surface area contributed by atoms with Gasteiger partial charge in [-0.15, -0.1) is 0 Å². The number of benzene rings is 3. The van der Waals surface area contributed by atoms with E-state index >= 15 is 0 Å². The number of ether oxygens (including phenoxy) is 1. The van der Waals surface area contributed by atoms with Crippen molar-refractivity contribution in [2.75, 3.05) is 0 Å². The van der Waals surface area contributed by atoms with Gasteiger partial charge in [-0.1, -0.05) is 66.7 Å². The van der Waals surface area contributed by atoms with E-state index in [-0.39, 0.29) is 11.5 Å². The molecule has 0 saturated heterocycles. The predicted octanol–water partition coefficient (Wildman–Crippen LogP) is 4.87. The molecule has 0 bridgehead atoms. The molecule has 3 aromatic carbocycles. The van der Waals surface area contributed by atoms with Crippen molar-refractivity contribution in [3.05, 3.63) is 102 Å². The van der Waals surface area contributed by atoms with Gasteiger partial charge in [0.2, 0.25) is 0 Å². The maximum absolute atomic E-state index is 12.2. The Morgan fingerprint density at radius 2 is 1.56 bits per heavy atom. The minimum atomic E-state index is -0.127. The zero-order valence-corrected chi connectivity index (χ0v) is 13.6. The van der Waals surface area contributed by atoms with E-state index in [1.165, 1.54) is 6.08 Å². The van der Waals surface area contributed by atoms with E-state index in [1.807, 2.05) is 48.5 Å². The number of phenols is 1. The van der Waals surface area contributed by atoms with E-state index in [0.29, 0.717) is 23.5 Å². The van der Waals surface area contributed by atoms with Crippen molar-refractivity contribution < 1.29 is 14.6 Å². The quantitative estimate of drug-likeness (QED) is 0.518. The summed E-state index contributed by atoms with van der Waals surface area (Å²) in [6.07, 6.45) is 3.03. The van der Waals surface area contributed by atoms with E-state index in [1.54, 1.807) is 36.4 Å². The molecule has 3 nitrogen and oxygen atoms in total. The third-order valence-electron chi connectivity index (χ3n) is 3.74. The van der Waals surface area contributed by atoms with Crippen LogP contribution in [-0.4, -0.2) is 10.9 Å². The lowest BCUT2D eigenvalue weighted by atomic mass is 10.1. The highest BCUT2D eigenvalue weighted by Crippen LogP contribution is 2.29. The van der Waals surface area contributed by atoms with Crippen molar-refractivity contribution in [2.24, 2.45) is 0 Å². The zero-order chi connectivity index (χ0) is 17.5. The summed E-state index contributed by atoms with van der Waals surface area (Å²) in [4.78, 5) is 12.2. The number of hydrogen-bond acceptors (Lipinski definition) is 3. The summed E-state index contributed by atoms with van der Waals surface area (Å²) in [5, 5.41) is 10.1. The molecule has 0 amide bonds. The topological polar surface area (TPSA) is 46.5 Å². The van der Waals surface area contributed by atoms with Gasteiger partial charge in [0.05, 0.1) is 5.56 Å². The summed E-state index contributed by atoms with van der Waals surface area (Å²) in [6.45, 7) is 0.387. The third kappa shape index (κ3) is 4.36. The fourth-order valence-electron chi connectivity index (χ4n) is 2.42. The smallest absolute Gasteiger partial charge is 0.185 e. The summed E-state index contributed by atoms with van der Waals surface area (Å²) < 4.78 is 5.82. The van der Waals surface area contributed by atoms with Crippen LogP contribution in [0.25, 0.3) is 6.08 Å². The Morgan fingerprint density at radius 3 is 2.28 bits per heavy atom. The lowest BCUT2D eigenvalue weighted by Crippen LogP contribution is -1.97. The fraction of sp³-hybridized carbons (Fsp3) is 0.0455.